The van der Waals surface area contributed by atoms with Crippen molar-refractivity contribution in [3.63, 3.8) is 0 Å². The molecule has 0 amide bonds. The topological polar surface area (TPSA) is 17.1 Å². The lowest BCUT2D eigenvalue weighted by Gasteiger charge is -2.04. The van der Waals surface area contributed by atoms with Crippen molar-refractivity contribution < 1.29 is 9.18 Å². The maximum atomic E-state index is 13.4. The first-order valence-electron chi connectivity index (χ1n) is 4.16. The Hall–Kier alpha value is -0.700. The second-order valence-corrected chi connectivity index (χ2v) is 4.20. The SMILES string of the molecule is O=Cc1cc(Br)cc(F)c1C1CC1. The molecule has 0 spiro atoms. The van der Waals surface area contributed by atoms with Crippen LogP contribution in [0, 0.1) is 5.82 Å². The second-order valence-electron chi connectivity index (χ2n) is 3.28. The summed E-state index contributed by atoms with van der Waals surface area (Å²) in [5.41, 5.74) is 1.08. The molecule has 1 nitrogen and oxygen atoms in total. The van der Waals surface area contributed by atoms with Crippen LogP contribution in [0.1, 0.15) is 34.7 Å². The van der Waals surface area contributed by atoms with E-state index in [2.05, 4.69) is 15.9 Å². The van der Waals surface area contributed by atoms with E-state index in [0.29, 0.717) is 15.6 Å². The third-order valence-corrected chi connectivity index (χ3v) is 2.70. The lowest BCUT2D eigenvalue weighted by Crippen LogP contribution is -1.95. The summed E-state index contributed by atoms with van der Waals surface area (Å²) in [5, 5.41) is 0. The van der Waals surface area contributed by atoms with Crippen LogP contribution in [0.4, 0.5) is 4.39 Å². The van der Waals surface area contributed by atoms with Crippen molar-refractivity contribution in [2.75, 3.05) is 0 Å². The summed E-state index contributed by atoms with van der Waals surface area (Å²) in [7, 11) is 0. The van der Waals surface area contributed by atoms with E-state index in [1.54, 1.807) is 6.07 Å². The number of rotatable bonds is 2. The predicted molar refractivity (Wildman–Crippen MR) is 51.5 cm³/mol. The van der Waals surface area contributed by atoms with Gasteiger partial charge in [-0.3, -0.25) is 4.79 Å². The summed E-state index contributed by atoms with van der Waals surface area (Å²) >= 11 is 3.16. The van der Waals surface area contributed by atoms with Crippen LogP contribution in [0.5, 0.6) is 0 Å². The molecule has 0 atom stereocenters. The zero-order chi connectivity index (χ0) is 9.42. The minimum Gasteiger partial charge on any atom is -0.298 e. The van der Waals surface area contributed by atoms with Gasteiger partial charge in [-0.15, -0.1) is 0 Å². The highest BCUT2D eigenvalue weighted by Gasteiger charge is 2.29. The molecule has 3 heteroatoms. The van der Waals surface area contributed by atoms with E-state index in [1.807, 2.05) is 0 Å². The molecule has 68 valence electrons. The molecule has 2 rings (SSSR count). The first-order valence-corrected chi connectivity index (χ1v) is 4.96. The highest BCUT2D eigenvalue weighted by atomic mass is 79.9. The minimum atomic E-state index is -0.265. The van der Waals surface area contributed by atoms with E-state index in [-0.39, 0.29) is 11.7 Å². The molecule has 0 bridgehead atoms. The largest absolute Gasteiger partial charge is 0.298 e. The lowest BCUT2D eigenvalue weighted by molar-refractivity contribution is 0.112. The van der Waals surface area contributed by atoms with Gasteiger partial charge in [0.15, 0.2) is 0 Å². The number of benzene rings is 1. The Morgan fingerprint density at radius 3 is 2.69 bits per heavy atom. The summed E-state index contributed by atoms with van der Waals surface area (Å²) in [6.45, 7) is 0. The summed E-state index contributed by atoms with van der Waals surface area (Å²) in [6.07, 6.45) is 2.72. The Balaban J connectivity index is 2.56. The van der Waals surface area contributed by atoms with Gasteiger partial charge in [0.05, 0.1) is 0 Å². The van der Waals surface area contributed by atoms with E-state index in [4.69, 9.17) is 0 Å². The van der Waals surface area contributed by atoms with Crippen LogP contribution in [-0.2, 0) is 0 Å². The average molecular weight is 243 g/mol. The molecule has 0 radical (unpaired) electrons. The van der Waals surface area contributed by atoms with Crippen LogP contribution in [0.15, 0.2) is 16.6 Å². The number of hydrogen-bond donors (Lipinski definition) is 0. The summed E-state index contributed by atoms with van der Waals surface area (Å²) in [5.74, 6) is 0.00674. The fourth-order valence-electron chi connectivity index (χ4n) is 1.50. The summed E-state index contributed by atoms with van der Waals surface area (Å²) in [4.78, 5) is 10.7. The molecule has 1 saturated carbocycles. The maximum Gasteiger partial charge on any atom is 0.150 e. The van der Waals surface area contributed by atoms with E-state index in [0.717, 1.165) is 19.1 Å². The molecule has 1 aromatic carbocycles. The summed E-state index contributed by atoms with van der Waals surface area (Å²) < 4.78 is 14.0. The van der Waals surface area contributed by atoms with Crippen molar-refractivity contribution in [1.82, 2.24) is 0 Å². The van der Waals surface area contributed by atoms with Gasteiger partial charge >= 0.3 is 0 Å². The zero-order valence-electron chi connectivity index (χ0n) is 6.89. The second kappa shape index (κ2) is 3.22. The average Bonchev–Trinajstić information content (AvgIpc) is 2.86. The van der Waals surface area contributed by atoms with E-state index in [1.165, 1.54) is 6.07 Å². The molecule has 1 aromatic rings. The molecular weight excluding hydrogens is 235 g/mol. The number of halogens is 2. The number of carbonyl (C=O) groups is 1. The monoisotopic (exact) mass is 242 g/mol. The lowest BCUT2D eigenvalue weighted by atomic mass is 10.0. The van der Waals surface area contributed by atoms with Crippen LogP contribution in [0.2, 0.25) is 0 Å². The van der Waals surface area contributed by atoms with Crippen LogP contribution >= 0.6 is 15.9 Å². The number of hydrogen-bond acceptors (Lipinski definition) is 1. The molecular formula is C10H8BrFO. The minimum absolute atomic E-state index is 0.265. The molecule has 0 aromatic heterocycles. The molecule has 0 N–H and O–H groups in total. The maximum absolute atomic E-state index is 13.4. The Bertz CT molecular complexity index is 358. The van der Waals surface area contributed by atoms with Crippen molar-refractivity contribution >= 4 is 22.2 Å². The standard InChI is InChI=1S/C10H8BrFO/c11-8-3-7(5-13)10(6-1-2-6)9(12)4-8/h3-6H,1-2H2. The molecule has 0 heterocycles. The highest BCUT2D eigenvalue weighted by molar-refractivity contribution is 9.10. The van der Waals surface area contributed by atoms with Gasteiger partial charge in [-0.2, -0.15) is 0 Å². The molecule has 0 aliphatic heterocycles. The van der Waals surface area contributed by atoms with Crippen molar-refractivity contribution in [1.29, 1.82) is 0 Å². The van der Waals surface area contributed by atoms with E-state index in [9.17, 15) is 9.18 Å². The van der Waals surface area contributed by atoms with Crippen LogP contribution in [0.25, 0.3) is 0 Å². The fraction of sp³-hybridized carbons (Fsp3) is 0.300. The molecule has 1 fully saturated rings. The summed E-state index contributed by atoms with van der Waals surface area (Å²) in [6, 6.07) is 3.09. The van der Waals surface area contributed by atoms with Gasteiger partial charge < -0.3 is 0 Å². The smallest absolute Gasteiger partial charge is 0.150 e. The fourth-order valence-corrected chi connectivity index (χ4v) is 1.95. The van der Waals surface area contributed by atoms with Crippen molar-refractivity contribution in [3.8, 4) is 0 Å². The van der Waals surface area contributed by atoms with Crippen molar-refractivity contribution in [2.24, 2.45) is 0 Å². The molecule has 1 aliphatic rings. The van der Waals surface area contributed by atoms with Crippen LogP contribution in [0.3, 0.4) is 0 Å². The molecule has 13 heavy (non-hydrogen) atoms. The number of aldehydes is 1. The van der Waals surface area contributed by atoms with Gasteiger partial charge in [0.25, 0.3) is 0 Å². The first kappa shape index (κ1) is 8.88. The van der Waals surface area contributed by atoms with Gasteiger partial charge in [-0.1, -0.05) is 15.9 Å². The molecule has 1 aliphatic carbocycles. The van der Waals surface area contributed by atoms with Gasteiger partial charge in [0.1, 0.15) is 12.1 Å². The highest BCUT2D eigenvalue weighted by Crippen LogP contribution is 2.43. The Morgan fingerprint density at radius 1 is 1.46 bits per heavy atom. The molecule has 0 unspecified atom stereocenters. The van der Waals surface area contributed by atoms with Crippen molar-refractivity contribution in [3.05, 3.63) is 33.5 Å². The van der Waals surface area contributed by atoms with Crippen LogP contribution < -0.4 is 0 Å². The number of carbonyl (C=O) groups excluding carboxylic acids is 1. The van der Waals surface area contributed by atoms with Gasteiger partial charge in [-0.05, 0) is 30.9 Å². The van der Waals surface area contributed by atoms with E-state index >= 15 is 0 Å². The van der Waals surface area contributed by atoms with Crippen LogP contribution in [-0.4, -0.2) is 6.29 Å². The van der Waals surface area contributed by atoms with Crippen molar-refractivity contribution in [2.45, 2.75) is 18.8 Å². The quantitative estimate of drug-likeness (QED) is 0.728. The predicted octanol–water partition coefficient (Wildman–Crippen LogP) is 3.28. The first-order chi connectivity index (χ1) is 6.22. The van der Waals surface area contributed by atoms with E-state index < -0.39 is 0 Å². The third-order valence-electron chi connectivity index (χ3n) is 2.24. The zero-order valence-corrected chi connectivity index (χ0v) is 8.47. The Kier molecular flexibility index (Phi) is 2.20. The normalized spacial score (nSPS) is 15.8. The third kappa shape index (κ3) is 1.66. The van der Waals surface area contributed by atoms with Gasteiger partial charge in [0, 0.05) is 15.6 Å². The Morgan fingerprint density at radius 2 is 2.15 bits per heavy atom. The van der Waals surface area contributed by atoms with Gasteiger partial charge in [0.2, 0.25) is 0 Å². The molecule has 0 saturated heterocycles. The Labute approximate surface area is 84.1 Å². The van der Waals surface area contributed by atoms with Gasteiger partial charge in [-0.25, -0.2) is 4.39 Å².